The van der Waals surface area contributed by atoms with E-state index in [2.05, 4.69) is 4.72 Å². The molecule has 0 aliphatic carbocycles. The predicted octanol–water partition coefficient (Wildman–Crippen LogP) is 1.15. The number of hydrogen-bond donors (Lipinski definition) is 2. The second kappa shape index (κ2) is 7.20. The van der Waals surface area contributed by atoms with E-state index in [-0.39, 0.29) is 37.4 Å². The lowest BCUT2D eigenvalue weighted by molar-refractivity contribution is -0.137. The van der Waals surface area contributed by atoms with Crippen LogP contribution in [0.3, 0.4) is 0 Å². The Hall–Kier alpha value is -1.47. The number of hydrogen-bond acceptors (Lipinski definition) is 3. The molecule has 0 bridgehead atoms. The number of nitrogens with one attached hydrogen (secondary N) is 1. The fraction of sp³-hybridized carbons (Fsp3) is 0.417. The molecule has 0 heterocycles. The molecule has 1 aromatic carbocycles. The van der Waals surface area contributed by atoms with Crippen molar-refractivity contribution in [2.24, 2.45) is 0 Å². The first-order valence-electron chi connectivity index (χ1n) is 5.83. The number of aliphatic carboxylic acids is 1. The number of benzene rings is 1. The number of carbonyl (C=O) groups is 1. The first-order chi connectivity index (χ1) is 8.91. The molecule has 0 aliphatic heterocycles. The Kier molecular flexibility index (Phi) is 5.91. The maximum atomic E-state index is 13.3. The van der Waals surface area contributed by atoms with Gasteiger partial charge in [0, 0.05) is 13.0 Å². The van der Waals surface area contributed by atoms with E-state index in [1.165, 1.54) is 6.07 Å². The van der Waals surface area contributed by atoms with Crippen LogP contribution in [0.15, 0.2) is 24.3 Å². The smallest absolute Gasteiger partial charge is 0.303 e. The lowest BCUT2D eigenvalue weighted by atomic mass is 10.1. The minimum absolute atomic E-state index is 0.0599. The second-order valence-corrected chi connectivity index (χ2v) is 5.98. The molecule has 19 heavy (non-hydrogen) atoms. The Morgan fingerprint density at radius 3 is 2.63 bits per heavy atom. The van der Waals surface area contributed by atoms with Gasteiger partial charge < -0.3 is 5.11 Å². The van der Waals surface area contributed by atoms with Crippen LogP contribution in [-0.4, -0.2) is 31.8 Å². The van der Waals surface area contributed by atoms with Gasteiger partial charge in [0.05, 0.1) is 5.75 Å². The zero-order valence-electron chi connectivity index (χ0n) is 10.3. The third-order valence-corrected chi connectivity index (χ3v) is 3.95. The minimum Gasteiger partial charge on any atom is -0.481 e. The molecule has 0 spiro atoms. The molecule has 106 valence electrons. The maximum absolute atomic E-state index is 13.3. The van der Waals surface area contributed by atoms with Crippen LogP contribution in [0.5, 0.6) is 0 Å². The van der Waals surface area contributed by atoms with E-state index in [1.54, 1.807) is 18.2 Å². The highest BCUT2D eigenvalue weighted by Crippen LogP contribution is 2.06. The van der Waals surface area contributed by atoms with E-state index in [0.29, 0.717) is 5.56 Å². The van der Waals surface area contributed by atoms with Gasteiger partial charge in [0.25, 0.3) is 0 Å². The molecule has 0 saturated carbocycles. The van der Waals surface area contributed by atoms with E-state index < -0.39 is 16.0 Å². The minimum atomic E-state index is -3.50. The van der Waals surface area contributed by atoms with E-state index in [9.17, 15) is 17.6 Å². The Labute approximate surface area is 111 Å². The van der Waals surface area contributed by atoms with Crippen LogP contribution in [0.4, 0.5) is 4.39 Å². The van der Waals surface area contributed by atoms with Gasteiger partial charge in [-0.05, 0) is 24.5 Å². The average molecular weight is 289 g/mol. The summed E-state index contributed by atoms with van der Waals surface area (Å²) in [6.07, 6.45) is 0.128. The zero-order chi connectivity index (χ0) is 14.3. The molecule has 0 radical (unpaired) electrons. The summed E-state index contributed by atoms with van der Waals surface area (Å²) in [5.74, 6) is -1.63. The van der Waals surface area contributed by atoms with Crippen molar-refractivity contribution in [3.05, 3.63) is 35.6 Å². The van der Waals surface area contributed by atoms with Crippen molar-refractivity contribution in [2.75, 3.05) is 12.3 Å². The molecule has 7 heteroatoms. The van der Waals surface area contributed by atoms with Gasteiger partial charge in [0.15, 0.2) is 0 Å². The Bertz CT molecular complexity index is 530. The zero-order valence-corrected chi connectivity index (χ0v) is 11.1. The van der Waals surface area contributed by atoms with Crippen LogP contribution in [0.25, 0.3) is 0 Å². The Morgan fingerprint density at radius 2 is 2.00 bits per heavy atom. The first kappa shape index (κ1) is 15.6. The molecule has 0 atom stereocenters. The quantitative estimate of drug-likeness (QED) is 0.752. The van der Waals surface area contributed by atoms with Crippen molar-refractivity contribution in [3.8, 4) is 0 Å². The molecule has 0 amide bonds. The summed E-state index contributed by atoms with van der Waals surface area (Å²) >= 11 is 0. The number of rotatable bonds is 8. The molecule has 0 aliphatic rings. The third kappa shape index (κ3) is 6.30. The third-order valence-electron chi connectivity index (χ3n) is 2.48. The summed E-state index contributed by atoms with van der Waals surface area (Å²) < 4.78 is 38.6. The average Bonchev–Trinajstić information content (AvgIpc) is 2.30. The van der Waals surface area contributed by atoms with Crippen molar-refractivity contribution in [2.45, 2.75) is 19.3 Å². The van der Waals surface area contributed by atoms with Gasteiger partial charge in [-0.3, -0.25) is 4.79 Å². The highest BCUT2D eigenvalue weighted by Gasteiger charge is 2.11. The van der Waals surface area contributed by atoms with Gasteiger partial charge in [-0.2, -0.15) is 0 Å². The Morgan fingerprint density at radius 1 is 1.32 bits per heavy atom. The molecule has 0 saturated heterocycles. The van der Waals surface area contributed by atoms with Gasteiger partial charge in [-0.1, -0.05) is 18.2 Å². The first-order valence-corrected chi connectivity index (χ1v) is 7.48. The van der Waals surface area contributed by atoms with Gasteiger partial charge in [0.1, 0.15) is 5.82 Å². The fourth-order valence-corrected chi connectivity index (χ4v) is 2.61. The standard InChI is InChI=1S/C12H16FNO4S/c13-11-5-2-1-4-10(11)7-8-14-19(17,18)9-3-6-12(15)16/h1-2,4-5,14H,3,6-9H2,(H,15,16). The lowest BCUT2D eigenvalue weighted by Crippen LogP contribution is -2.28. The van der Waals surface area contributed by atoms with Crippen LogP contribution >= 0.6 is 0 Å². The molecule has 1 aromatic rings. The molecule has 5 nitrogen and oxygen atoms in total. The van der Waals surface area contributed by atoms with E-state index >= 15 is 0 Å². The fourth-order valence-electron chi connectivity index (χ4n) is 1.53. The van der Waals surface area contributed by atoms with Crippen LogP contribution < -0.4 is 4.72 Å². The summed E-state index contributed by atoms with van der Waals surface area (Å²) in [4.78, 5) is 10.3. The highest BCUT2D eigenvalue weighted by molar-refractivity contribution is 7.89. The number of carboxylic acid groups (broad SMARTS) is 1. The SMILES string of the molecule is O=C(O)CCCS(=O)(=O)NCCc1ccccc1F. The van der Waals surface area contributed by atoms with Crippen molar-refractivity contribution in [1.82, 2.24) is 4.72 Å². The van der Waals surface area contributed by atoms with Crippen LogP contribution in [0.2, 0.25) is 0 Å². The van der Waals surface area contributed by atoms with Crippen LogP contribution in [0.1, 0.15) is 18.4 Å². The van der Waals surface area contributed by atoms with Gasteiger partial charge >= 0.3 is 5.97 Å². The lowest BCUT2D eigenvalue weighted by Gasteiger charge is -2.06. The summed E-state index contributed by atoms with van der Waals surface area (Å²) in [6, 6.07) is 6.15. The molecular formula is C12H16FNO4S. The number of halogens is 1. The van der Waals surface area contributed by atoms with Gasteiger partial charge in [0.2, 0.25) is 10.0 Å². The van der Waals surface area contributed by atoms with Gasteiger partial charge in [-0.15, -0.1) is 0 Å². The normalized spacial score (nSPS) is 11.4. The van der Waals surface area contributed by atoms with E-state index in [1.807, 2.05) is 0 Å². The van der Waals surface area contributed by atoms with Crippen molar-refractivity contribution in [1.29, 1.82) is 0 Å². The largest absolute Gasteiger partial charge is 0.481 e. The molecule has 2 N–H and O–H groups in total. The number of sulfonamides is 1. The van der Waals surface area contributed by atoms with Crippen molar-refractivity contribution >= 4 is 16.0 Å². The highest BCUT2D eigenvalue weighted by atomic mass is 32.2. The van der Waals surface area contributed by atoms with E-state index in [4.69, 9.17) is 5.11 Å². The molecule has 0 fully saturated rings. The van der Waals surface area contributed by atoms with Crippen LogP contribution in [-0.2, 0) is 21.2 Å². The second-order valence-electron chi connectivity index (χ2n) is 4.05. The summed E-state index contributed by atoms with van der Waals surface area (Å²) in [6.45, 7) is 0.0936. The monoisotopic (exact) mass is 289 g/mol. The Balaban J connectivity index is 2.35. The summed E-state index contributed by atoms with van der Waals surface area (Å²) in [5, 5.41) is 8.41. The molecule has 1 rings (SSSR count). The topological polar surface area (TPSA) is 83.5 Å². The van der Waals surface area contributed by atoms with Gasteiger partial charge in [-0.25, -0.2) is 17.5 Å². The predicted molar refractivity (Wildman–Crippen MR) is 68.8 cm³/mol. The van der Waals surface area contributed by atoms with Crippen LogP contribution in [0, 0.1) is 5.82 Å². The number of carboxylic acids is 1. The van der Waals surface area contributed by atoms with Crippen molar-refractivity contribution in [3.63, 3.8) is 0 Å². The van der Waals surface area contributed by atoms with E-state index in [0.717, 1.165) is 0 Å². The summed E-state index contributed by atoms with van der Waals surface area (Å²) in [5.41, 5.74) is 0.440. The summed E-state index contributed by atoms with van der Waals surface area (Å²) in [7, 11) is -3.50. The molecule has 0 unspecified atom stereocenters. The molecule has 0 aromatic heterocycles. The molecular weight excluding hydrogens is 273 g/mol. The maximum Gasteiger partial charge on any atom is 0.303 e. The van der Waals surface area contributed by atoms with Crippen molar-refractivity contribution < 1.29 is 22.7 Å².